The fourth-order valence-corrected chi connectivity index (χ4v) is 2.42. The van der Waals surface area contributed by atoms with Crippen molar-refractivity contribution in [1.82, 2.24) is 0 Å². The van der Waals surface area contributed by atoms with Crippen molar-refractivity contribution in [3.63, 3.8) is 0 Å². The first-order chi connectivity index (χ1) is 8.63. The molecular formula is C13H15Cl2FO2. The molecule has 3 unspecified atom stereocenters. The first kappa shape index (κ1) is 13.9. The molecule has 2 rings (SSSR count). The maximum Gasteiger partial charge on any atom is 0.183 e. The molecule has 18 heavy (non-hydrogen) atoms. The van der Waals surface area contributed by atoms with Gasteiger partial charge in [-0.2, -0.15) is 0 Å². The zero-order chi connectivity index (χ0) is 13.1. The summed E-state index contributed by atoms with van der Waals surface area (Å²) in [6.07, 6.45) is 1.19. The van der Waals surface area contributed by atoms with Gasteiger partial charge in [0, 0.05) is 13.0 Å². The zero-order valence-corrected chi connectivity index (χ0v) is 11.5. The Bertz CT molecular complexity index is 414. The van der Waals surface area contributed by atoms with E-state index in [4.69, 9.17) is 32.7 Å². The van der Waals surface area contributed by atoms with Gasteiger partial charge in [-0.1, -0.05) is 24.6 Å². The molecule has 2 nitrogen and oxygen atoms in total. The van der Waals surface area contributed by atoms with Crippen LogP contribution < -0.4 is 4.74 Å². The van der Waals surface area contributed by atoms with E-state index in [2.05, 4.69) is 0 Å². The van der Waals surface area contributed by atoms with Gasteiger partial charge < -0.3 is 9.47 Å². The number of hydrogen-bond donors (Lipinski definition) is 0. The molecule has 3 atom stereocenters. The number of rotatable bonds is 5. The lowest BCUT2D eigenvalue weighted by Crippen LogP contribution is -2.52. The summed E-state index contributed by atoms with van der Waals surface area (Å²) in [5.74, 6) is -0.382. The second-order valence-electron chi connectivity index (χ2n) is 4.30. The van der Waals surface area contributed by atoms with E-state index in [0.29, 0.717) is 13.0 Å². The molecule has 1 aliphatic rings. The molecule has 0 radical (unpaired) electrons. The van der Waals surface area contributed by atoms with E-state index < -0.39 is 5.82 Å². The molecule has 0 N–H and O–H groups in total. The van der Waals surface area contributed by atoms with Crippen molar-refractivity contribution in [3.05, 3.63) is 29.0 Å². The highest BCUT2D eigenvalue weighted by molar-refractivity contribution is 6.30. The van der Waals surface area contributed by atoms with Gasteiger partial charge in [0.05, 0.1) is 10.4 Å². The van der Waals surface area contributed by atoms with Crippen LogP contribution in [0.25, 0.3) is 0 Å². The van der Waals surface area contributed by atoms with Crippen molar-refractivity contribution in [1.29, 1.82) is 0 Å². The summed E-state index contributed by atoms with van der Waals surface area (Å²) < 4.78 is 24.8. The lowest BCUT2D eigenvalue weighted by molar-refractivity contribution is -0.0807. The van der Waals surface area contributed by atoms with Crippen molar-refractivity contribution in [2.24, 2.45) is 0 Å². The maximum absolute atomic E-state index is 13.7. The summed E-state index contributed by atoms with van der Waals surface area (Å²) >= 11 is 11.8. The van der Waals surface area contributed by atoms with Crippen molar-refractivity contribution in [2.75, 3.05) is 6.61 Å². The van der Waals surface area contributed by atoms with Crippen LogP contribution in [0.5, 0.6) is 5.75 Å². The Morgan fingerprint density at radius 2 is 2.22 bits per heavy atom. The third-order valence-corrected chi connectivity index (χ3v) is 3.61. The second kappa shape index (κ2) is 6.09. The van der Waals surface area contributed by atoms with Gasteiger partial charge in [-0.15, -0.1) is 11.6 Å². The van der Waals surface area contributed by atoms with Gasteiger partial charge in [0.15, 0.2) is 11.6 Å². The lowest BCUT2D eigenvalue weighted by Gasteiger charge is -2.40. The van der Waals surface area contributed by atoms with Crippen LogP contribution in [-0.2, 0) is 4.74 Å². The minimum atomic E-state index is -0.536. The standard InChI is InChI=1S/C13H15Cl2FO2/c1-2-6-17-13-9(15)7-11(13)18-10-5-3-4-8(14)12(10)16/h3-5,9,11,13H,2,6-7H2,1H3. The van der Waals surface area contributed by atoms with Crippen molar-refractivity contribution in [2.45, 2.75) is 37.4 Å². The first-order valence-electron chi connectivity index (χ1n) is 5.99. The smallest absolute Gasteiger partial charge is 0.183 e. The molecule has 0 amide bonds. The summed E-state index contributed by atoms with van der Waals surface area (Å²) in [5, 5.41) is -0.0101. The highest BCUT2D eigenvalue weighted by Gasteiger charge is 2.43. The van der Waals surface area contributed by atoms with E-state index >= 15 is 0 Å². The predicted molar refractivity (Wildman–Crippen MR) is 70.1 cm³/mol. The Hall–Kier alpha value is -0.510. The van der Waals surface area contributed by atoms with Crippen LogP contribution >= 0.6 is 23.2 Å². The Labute approximate surface area is 116 Å². The molecule has 0 aromatic heterocycles. The maximum atomic E-state index is 13.7. The Morgan fingerprint density at radius 1 is 1.44 bits per heavy atom. The monoisotopic (exact) mass is 292 g/mol. The topological polar surface area (TPSA) is 18.5 Å². The number of hydrogen-bond acceptors (Lipinski definition) is 2. The van der Waals surface area contributed by atoms with Crippen LogP contribution in [0.4, 0.5) is 4.39 Å². The van der Waals surface area contributed by atoms with Crippen LogP contribution in [0, 0.1) is 5.82 Å². The predicted octanol–water partition coefficient (Wildman–Crippen LogP) is 4.03. The summed E-state index contributed by atoms with van der Waals surface area (Å²) in [4.78, 5) is 0. The van der Waals surface area contributed by atoms with Gasteiger partial charge >= 0.3 is 0 Å². The zero-order valence-electron chi connectivity index (χ0n) is 10.0. The van der Waals surface area contributed by atoms with E-state index in [9.17, 15) is 4.39 Å². The molecule has 1 aromatic rings. The van der Waals surface area contributed by atoms with Gasteiger partial charge in [0.1, 0.15) is 12.2 Å². The Morgan fingerprint density at radius 3 is 2.89 bits per heavy atom. The van der Waals surface area contributed by atoms with Crippen molar-refractivity contribution < 1.29 is 13.9 Å². The summed E-state index contributed by atoms with van der Waals surface area (Å²) in [7, 11) is 0. The summed E-state index contributed by atoms with van der Waals surface area (Å²) in [5.41, 5.74) is 0. The minimum absolute atomic E-state index is 0.0558. The molecule has 1 fully saturated rings. The third kappa shape index (κ3) is 2.90. The van der Waals surface area contributed by atoms with E-state index in [1.165, 1.54) is 6.07 Å². The molecule has 0 heterocycles. The molecule has 1 saturated carbocycles. The average Bonchev–Trinajstić information content (AvgIpc) is 2.34. The number of ether oxygens (including phenoxy) is 2. The largest absolute Gasteiger partial charge is 0.484 e. The third-order valence-electron chi connectivity index (χ3n) is 2.89. The molecular weight excluding hydrogens is 278 g/mol. The van der Waals surface area contributed by atoms with Crippen LogP contribution in [0.1, 0.15) is 19.8 Å². The molecule has 0 bridgehead atoms. The molecule has 5 heteroatoms. The lowest BCUT2D eigenvalue weighted by atomic mass is 9.91. The number of halogens is 3. The van der Waals surface area contributed by atoms with Crippen molar-refractivity contribution >= 4 is 23.2 Å². The SMILES string of the molecule is CCCOC1C(Cl)CC1Oc1cccc(Cl)c1F. The molecule has 1 aromatic carbocycles. The first-order valence-corrected chi connectivity index (χ1v) is 6.81. The second-order valence-corrected chi connectivity index (χ2v) is 5.26. The molecule has 0 saturated heterocycles. The van der Waals surface area contributed by atoms with Crippen LogP contribution in [0.15, 0.2) is 18.2 Å². The van der Waals surface area contributed by atoms with Gasteiger partial charge in [0.25, 0.3) is 0 Å². The highest BCUT2D eigenvalue weighted by atomic mass is 35.5. The summed E-state index contributed by atoms with van der Waals surface area (Å²) in [6, 6.07) is 4.69. The minimum Gasteiger partial charge on any atom is -0.484 e. The fraction of sp³-hybridized carbons (Fsp3) is 0.538. The number of alkyl halides is 1. The van der Waals surface area contributed by atoms with Crippen LogP contribution in [-0.4, -0.2) is 24.2 Å². The van der Waals surface area contributed by atoms with Crippen LogP contribution in [0.2, 0.25) is 5.02 Å². The van der Waals surface area contributed by atoms with Gasteiger partial charge in [0.2, 0.25) is 0 Å². The fourth-order valence-electron chi connectivity index (χ4n) is 1.85. The number of benzene rings is 1. The Balaban J connectivity index is 1.99. The van der Waals surface area contributed by atoms with E-state index in [1.54, 1.807) is 12.1 Å². The average molecular weight is 293 g/mol. The molecule has 0 aliphatic heterocycles. The van der Waals surface area contributed by atoms with E-state index in [1.807, 2.05) is 6.92 Å². The quantitative estimate of drug-likeness (QED) is 0.763. The van der Waals surface area contributed by atoms with Crippen molar-refractivity contribution in [3.8, 4) is 5.75 Å². The van der Waals surface area contributed by atoms with Gasteiger partial charge in [-0.25, -0.2) is 4.39 Å². The van der Waals surface area contributed by atoms with Gasteiger partial charge in [-0.3, -0.25) is 0 Å². The molecule has 1 aliphatic carbocycles. The van der Waals surface area contributed by atoms with E-state index in [0.717, 1.165) is 6.42 Å². The van der Waals surface area contributed by atoms with E-state index in [-0.39, 0.29) is 28.4 Å². The summed E-state index contributed by atoms with van der Waals surface area (Å²) in [6.45, 7) is 2.65. The van der Waals surface area contributed by atoms with Crippen LogP contribution in [0.3, 0.4) is 0 Å². The molecule has 0 spiro atoms. The van der Waals surface area contributed by atoms with Gasteiger partial charge in [-0.05, 0) is 18.6 Å². The Kier molecular flexibility index (Phi) is 4.71. The molecule has 100 valence electrons. The highest BCUT2D eigenvalue weighted by Crippen LogP contribution is 2.35. The normalized spacial score (nSPS) is 26.8.